The number of quaternary nitrogens is 1. The van der Waals surface area contributed by atoms with Crippen molar-refractivity contribution in [3.63, 3.8) is 0 Å². The van der Waals surface area contributed by atoms with Crippen molar-refractivity contribution in [3.05, 3.63) is 36.8 Å². The molecule has 0 atom stereocenters. The van der Waals surface area contributed by atoms with E-state index in [1.807, 2.05) is 0 Å². The lowest BCUT2D eigenvalue weighted by molar-refractivity contribution is -0.773. The molecule has 0 saturated heterocycles. The summed E-state index contributed by atoms with van der Waals surface area (Å²) in [7, 11) is -3.99. The van der Waals surface area contributed by atoms with Gasteiger partial charge in [-0.1, -0.05) is 290 Å². The fraction of sp³-hybridized carbons (Fsp3) is 0.900. The highest BCUT2D eigenvalue weighted by atomic mass is 32.2. The van der Waals surface area contributed by atoms with E-state index in [9.17, 15) is 13.0 Å². The van der Waals surface area contributed by atoms with Gasteiger partial charge in [-0.2, -0.15) is 8.42 Å². The zero-order valence-electron chi connectivity index (χ0n) is 44.6. The molecular formula is C60H118NO3S+. The van der Waals surface area contributed by atoms with E-state index < -0.39 is 10.1 Å². The molecule has 0 rings (SSSR count). The van der Waals surface area contributed by atoms with E-state index in [1.54, 1.807) is 0 Å². The van der Waals surface area contributed by atoms with Gasteiger partial charge < -0.3 is 0 Å². The zero-order chi connectivity index (χ0) is 47.3. The molecule has 386 valence electrons. The molecule has 0 aromatic carbocycles. The van der Waals surface area contributed by atoms with E-state index in [0.717, 1.165) is 19.3 Å². The van der Waals surface area contributed by atoms with Crippen molar-refractivity contribution in [2.24, 2.45) is 0 Å². The van der Waals surface area contributed by atoms with Crippen LogP contribution in [0.15, 0.2) is 36.8 Å². The van der Waals surface area contributed by atoms with E-state index in [1.165, 1.54) is 289 Å². The molecule has 4 nitrogen and oxygen atoms in total. The first-order chi connectivity index (χ1) is 31.9. The highest BCUT2D eigenvalue weighted by molar-refractivity contribution is 7.85. The Morgan fingerprint density at radius 2 is 0.477 bits per heavy atom. The Labute approximate surface area is 410 Å². The minimum atomic E-state index is -3.99. The summed E-state index contributed by atoms with van der Waals surface area (Å²) in [5.41, 5.74) is 0. The fourth-order valence-electron chi connectivity index (χ4n) is 9.61. The molecule has 0 fully saturated rings. The summed E-state index contributed by atoms with van der Waals surface area (Å²) >= 11 is 0. The maximum Gasteiger partial charge on any atom is 0.265 e. The van der Waals surface area contributed by atoms with Crippen molar-refractivity contribution in [2.75, 3.05) is 12.3 Å². The van der Waals surface area contributed by atoms with Crippen LogP contribution in [-0.4, -0.2) is 29.8 Å². The molecule has 0 aromatic heterocycles. The fourth-order valence-corrected chi connectivity index (χ4v) is 10.1. The third-order valence-corrected chi connectivity index (χ3v) is 14.8. The Bertz CT molecular complexity index is 1010. The average Bonchev–Trinajstić information content (AvgIpc) is 3.29. The third kappa shape index (κ3) is 52.3. The van der Waals surface area contributed by atoms with Gasteiger partial charge in [0.1, 0.15) is 18.6 Å². The molecule has 0 aliphatic heterocycles. The van der Waals surface area contributed by atoms with Crippen LogP contribution in [-0.2, 0) is 10.1 Å². The number of hydrogen-bond donors (Lipinski definition) is 1. The Hall–Kier alpha value is -0.910. The molecular weight excluding hydrogens is 815 g/mol. The van der Waals surface area contributed by atoms with Crippen molar-refractivity contribution in [3.8, 4) is 0 Å². The Morgan fingerprint density at radius 3 is 0.662 bits per heavy atom. The summed E-state index contributed by atoms with van der Waals surface area (Å²) in [5.74, 6) is -0.181. The maximum absolute atomic E-state index is 11.8. The van der Waals surface area contributed by atoms with Gasteiger partial charge in [-0.15, -0.1) is 0 Å². The van der Waals surface area contributed by atoms with Gasteiger partial charge >= 0.3 is 0 Å². The number of allylic oxidation sites excluding steroid dienone is 3. The van der Waals surface area contributed by atoms with Crippen LogP contribution in [0, 0.1) is 0 Å². The summed E-state index contributed by atoms with van der Waals surface area (Å²) in [6.45, 7) is 7.54. The van der Waals surface area contributed by atoms with Gasteiger partial charge in [0, 0.05) is 6.42 Å². The van der Waals surface area contributed by atoms with E-state index in [-0.39, 0.29) is 5.75 Å². The van der Waals surface area contributed by atoms with Crippen LogP contribution in [0.2, 0.25) is 0 Å². The van der Waals surface area contributed by atoms with Crippen LogP contribution in [0.4, 0.5) is 0 Å². The second kappa shape index (κ2) is 52.5. The molecule has 65 heavy (non-hydrogen) atoms. The summed E-state index contributed by atoms with van der Waals surface area (Å²) in [6.07, 6.45) is 79.8. The number of nitrogens with zero attached hydrogens (tertiary/aromatic N) is 1. The van der Waals surface area contributed by atoms with Gasteiger partial charge in [0.05, 0.1) is 12.3 Å². The average molecular weight is 934 g/mol. The molecule has 0 radical (unpaired) electrons. The van der Waals surface area contributed by atoms with Gasteiger partial charge in [0.25, 0.3) is 10.1 Å². The first kappa shape index (κ1) is 64.1. The van der Waals surface area contributed by atoms with Crippen LogP contribution >= 0.6 is 0 Å². The number of unbranched alkanes of at least 4 members (excludes halogenated alkanes) is 45. The first-order valence-electron chi connectivity index (χ1n) is 29.7. The lowest BCUT2D eigenvalue weighted by atomic mass is 10.0. The standard InChI is InChI=1S/C60H117NO3S/c1-4-7-10-13-16-19-22-25-28-31-34-37-40-43-46-49-52-56-61(59-55-60-65(62,63)64,57-53-50-47-44-41-38-35-32-29-26-23-20-17-14-11-8-5-2)58-54-51-48-45-42-39-36-33-30-27-24-21-18-15-12-9-6-3/h52-54,56-58H,4-51,55,59-60H2,1-3H3/p+1/b56-52+,57-53+,58-54+. The van der Waals surface area contributed by atoms with E-state index in [2.05, 4.69) is 57.6 Å². The summed E-state index contributed by atoms with van der Waals surface area (Å²) in [5, 5.41) is 0. The predicted molar refractivity (Wildman–Crippen MR) is 292 cm³/mol. The van der Waals surface area contributed by atoms with Crippen molar-refractivity contribution in [2.45, 2.75) is 335 Å². The van der Waals surface area contributed by atoms with Gasteiger partial charge in [0.2, 0.25) is 0 Å². The molecule has 0 heterocycles. The summed E-state index contributed by atoms with van der Waals surface area (Å²) in [4.78, 5) is 0. The quantitative estimate of drug-likeness (QED) is 0.0376. The third-order valence-electron chi connectivity index (χ3n) is 14.0. The first-order valence-corrected chi connectivity index (χ1v) is 31.4. The summed E-state index contributed by atoms with van der Waals surface area (Å²) < 4.78 is 33.7. The predicted octanol–water partition coefficient (Wildman–Crippen LogP) is 21.4. The topological polar surface area (TPSA) is 54.4 Å². The van der Waals surface area contributed by atoms with Crippen LogP contribution in [0.5, 0.6) is 0 Å². The molecule has 0 aliphatic carbocycles. The van der Waals surface area contributed by atoms with Crippen LogP contribution in [0.25, 0.3) is 0 Å². The second-order valence-electron chi connectivity index (χ2n) is 20.7. The van der Waals surface area contributed by atoms with Crippen molar-refractivity contribution in [1.29, 1.82) is 0 Å². The molecule has 5 heteroatoms. The molecule has 0 unspecified atom stereocenters. The summed E-state index contributed by atoms with van der Waals surface area (Å²) in [6, 6.07) is 0. The van der Waals surface area contributed by atoms with E-state index in [0.29, 0.717) is 17.4 Å². The number of hydrogen-bond acceptors (Lipinski definition) is 2. The normalized spacial score (nSPS) is 12.6. The molecule has 0 amide bonds. The zero-order valence-corrected chi connectivity index (χ0v) is 45.5. The molecule has 1 N–H and O–H groups in total. The molecule has 0 aromatic rings. The Kier molecular flexibility index (Phi) is 51.7. The SMILES string of the molecule is CCCCCCCCCCCCCCCCC/C=C/[N+](/C=C/CCCCCCCCCCCCCCCCC)(/C=C/CCCCCCCCCCCCCCCCC)CCCS(=O)(=O)O. The largest absolute Gasteiger partial charge is 0.286 e. The van der Waals surface area contributed by atoms with Crippen molar-refractivity contribution >= 4 is 10.1 Å². The lowest BCUT2D eigenvalue weighted by Crippen LogP contribution is -2.33. The van der Waals surface area contributed by atoms with Crippen LogP contribution in [0.3, 0.4) is 0 Å². The van der Waals surface area contributed by atoms with Crippen LogP contribution in [0.1, 0.15) is 335 Å². The monoisotopic (exact) mass is 933 g/mol. The smallest absolute Gasteiger partial charge is 0.265 e. The molecule has 0 aliphatic rings. The maximum atomic E-state index is 11.8. The molecule has 0 saturated carbocycles. The Morgan fingerprint density at radius 1 is 0.292 bits per heavy atom. The molecule has 0 bridgehead atoms. The second-order valence-corrected chi connectivity index (χ2v) is 22.3. The van der Waals surface area contributed by atoms with Gasteiger partial charge in [-0.05, 0) is 56.8 Å². The van der Waals surface area contributed by atoms with E-state index in [4.69, 9.17) is 0 Å². The van der Waals surface area contributed by atoms with Crippen molar-refractivity contribution < 1.29 is 17.5 Å². The lowest BCUT2D eigenvalue weighted by Gasteiger charge is -2.27. The minimum absolute atomic E-state index is 0.181. The molecule has 0 spiro atoms. The van der Waals surface area contributed by atoms with Crippen molar-refractivity contribution in [1.82, 2.24) is 0 Å². The van der Waals surface area contributed by atoms with Gasteiger partial charge in [-0.3, -0.25) is 4.55 Å². The minimum Gasteiger partial charge on any atom is -0.286 e. The van der Waals surface area contributed by atoms with Gasteiger partial charge in [-0.25, -0.2) is 4.48 Å². The highest BCUT2D eigenvalue weighted by Crippen LogP contribution is 2.21. The van der Waals surface area contributed by atoms with E-state index >= 15 is 0 Å². The van der Waals surface area contributed by atoms with Gasteiger partial charge in [0.15, 0.2) is 0 Å². The number of rotatable bonds is 55. The Balaban J connectivity index is 4.88. The van der Waals surface area contributed by atoms with Crippen LogP contribution < -0.4 is 0 Å². The highest BCUT2D eigenvalue weighted by Gasteiger charge is 2.20.